The van der Waals surface area contributed by atoms with Crippen molar-refractivity contribution in [2.75, 3.05) is 14.2 Å². The highest BCUT2D eigenvalue weighted by Crippen LogP contribution is 2.40. The fourth-order valence-corrected chi connectivity index (χ4v) is 4.99. The van der Waals surface area contributed by atoms with Crippen LogP contribution < -0.4 is 20.1 Å². The van der Waals surface area contributed by atoms with Crippen LogP contribution in [0.15, 0.2) is 18.2 Å². The van der Waals surface area contributed by atoms with Crippen molar-refractivity contribution in [1.29, 1.82) is 0 Å². The Morgan fingerprint density at radius 1 is 0.933 bits per heavy atom. The minimum Gasteiger partial charge on any atom is -0.497 e. The number of carbonyl (C=O) groups excluding carboxylic acids is 2. The molecule has 3 rings (SSSR count). The predicted octanol–water partition coefficient (Wildman–Crippen LogP) is 3.93. The number of carbonyl (C=O) groups is 2. The summed E-state index contributed by atoms with van der Waals surface area (Å²) in [6, 6.07) is 4.64. The minimum absolute atomic E-state index is 0.0209. The molecule has 0 aromatic heterocycles. The second kappa shape index (κ2) is 10.2. The van der Waals surface area contributed by atoms with Crippen LogP contribution in [0.4, 0.5) is 0 Å². The van der Waals surface area contributed by atoms with E-state index in [9.17, 15) is 9.59 Å². The maximum absolute atomic E-state index is 13.1. The van der Waals surface area contributed by atoms with Gasteiger partial charge < -0.3 is 20.1 Å². The van der Waals surface area contributed by atoms with Gasteiger partial charge in [-0.05, 0) is 49.1 Å². The third kappa shape index (κ3) is 5.46. The summed E-state index contributed by atoms with van der Waals surface area (Å²) >= 11 is 0. The lowest BCUT2D eigenvalue weighted by Gasteiger charge is -2.40. The maximum atomic E-state index is 13.1. The molecule has 0 aliphatic heterocycles. The van der Waals surface area contributed by atoms with E-state index >= 15 is 0 Å². The summed E-state index contributed by atoms with van der Waals surface area (Å²) in [6.45, 7) is 3.91. The third-order valence-corrected chi connectivity index (χ3v) is 6.74. The third-order valence-electron chi connectivity index (χ3n) is 6.74. The number of benzene rings is 1. The van der Waals surface area contributed by atoms with Gasteiger partial charge >= 0.3 is 0 Å². The van der Waals surface area contributed by atoms with Gasteiger partial charge in [-0.3, -0.25) is 9.59 Å². The molecule has 0 spiro atoms. The van der Waals surface area contributed by atoms with Gasteiger partial charge in [0.15, 0.2) is 0 Å². The Bertz CT molecular complexity index is 726. The van der Waals surface area contributed by atoms with E-state index in [1.807, 2.05) is 13.8 Å². The molecule has 30 heavy (non-hydrogen) atoms. The van der Waals surface area contributed by atoms with Crippen LogP contribution in [0.2, 0.25) is 0 Å². The summed E-state index contributed by atoms with van der Waals surface area (Å²) in [5.41, 5.74) is 0.410. The van der Waals surface area contributed by atoms with Gasteiger partial charge in [0.05, 0.1) is 14.2 Å². The van der Waals surface area contributed by atoms with E-state index in [4.69, 9.17) is 9.47 Å². The standard InChI is InChI=1S/C24H36N2O4/c1-15(2)22(26-23(27)18-12-20(29-3)14-21(13-18)30-4)24(28)25-19-10-9-16-7-5-6-8-17(16)11-19/h12-17,19,22H,5-11H2,1-4H3,(H,25,28)(H,26,27)/t16-,17-,19+,22-/m0/s1. The van der Waals surface area contributed by atoms with Gasteiger partial charge in [-0.15, -0.1) is 0 Å². The van der Waals surface area contributed by atoms with Gasteiger partial charge in [-0.1, -0.05) is 39.5 Å². The highest BCUT2D eigenvalue weighted by molar-refractivity contribution is 5.98. The molecule has 6 nitrogen and oxygen atoms in total. The first-order valence-corrected chi connectivity index (χ1v) is 11.3. The highest BCUT2D eigenvalue weighted by atomic mass is 16.5. The average molecular weight is 417 g/mol. The molecular formula is C24H36N2O4. The van der Waals surface area contributed by atoms with Crippen LogP contribution in [0.5, 0.6) is 11.5 Å². The quantitative estimate of drug-likeness (QED) is 0.706. The number of amides is 2. The summed E-state index contributed by atoms with van der Waals surface area (Å²) in [5.74, 6) is 2.24. The number of nitrogens with one attached hydrogen (secondary N) is 2. The van der Waals surface area contributed by atoms with Gasteiger partial charge in [0.1, 0.15) is 17.5 Å². The van der Waals surface area contributed by atoms with E-state index in [1.54, 1.807) is 32.4 Å². The monoisotopic (exact) mass is 416 g/mol. The first-order valence-electron chi connectivity index (χ1n) is 11.3. The first kappa shape index (κ1) is 22.4. The zero-order chi connectivity index (χ0) is 21.7. The van der Waals surface area contributed by atoms with Crippen molar-refractivity contribution in [3.63, 3.8) is 0 Å². The van der Waals surface area contributed by atoms with E-state index in [0.29, 0.717) is 17.1 Å². The van der Waals surface area contributed by atoms with E-state index < -0.39 is 6.04 Å². The van der Waals surface area contributed by atoms with Crippen molar-refractivity contribution < 1.29 is 19.1 Å². The van der Waals surface area contributed by atoms with Crippen molar-refractivity contribution >= 4 is 11.8 Å². The van der Waals surface area contributed by atoms with Crippen LogP contribution in [0.3, 0.4) is 0 Å². The Kier molecular flexibility index (Phi) is 7.62. The molecule has 6 heteroatoms. The summed E-state index contributed by atoms with van der Waals surface area (Å²) in [4.78, 5) is 25.9. The van der Waals surface area contributed by atoms with Crippen molar-refractivity contribution in [2.24, 2.45) is 17.8 Å². The number of ether oxygens (including phenoxy) is 2. The van der Waals surface area contributed by atoms with E-state index in [-0.39, 0.29) is 23.8 Å². The molecule has 0 radical (unpaired) electrons. The fraction of sp³-hybridized carbons (Fsp3) is 0.667. The van der Waals surface area contributed by atoms with Crippen LogP contribution in [0.1, 0.15) is 69.2 Å². The summed E-state index contributed by atoms with van der Waals surface area (Å²) in [5, 5.41) is 6.15. The van der Waals surface area contributed by atoms with E-state index in [1.165, 1.54) is 32.1 Å². The summed E-state index contributed by atoms with van der Waals surface area (Å²) in [6.07, 6.45) is 8.63. The van der Waals surface area contributed by atoms with Crippen LogP contribution in [-0.4, -0.2) is 38.1 Å². The molecule has 0 unspecified atom stereocenters. The van der Waals surface area contributed by atoms with Crippen molar-refractivity contribution in [1.82, 2.24) is 10.6 Å². The lowest BCUT2D eigenvalue weighted by Crippen LogP contribution is -2.53. The molecular weight excluding hydrogens is 380 g/mol. The highest BCUT2D eigenvalue weighted by Gasteiger charge is 2.34. The Balaban J connectivity index is 1.64. The number of fused-ring (bicyclic) bond motifs is 1. The predicted molar refractivity (Wildman–Crippen MR) is 117 cm³/mol. The zero-order valence-electron chi connectivity index (χ0n) is 18.7. The second-order valence-electron chi connectivity index (χ2n) is 9.12. The molecule has 2 aliphatic carbocycles. The molecule has 0 saturated heterocycles. The van der Waals surface area contributed by atoms with Gasteiger partial charge in [0.25, 0.3) is 5.91 Å². The Morgan fingerprint density at radius 2 is 1.57 bits per heavy atom. The zero-order valence-corrected chi connectivity index (χ0v) is 18.7. The molecule has 1 aromatic rings. The van der Waals surface area contributed by atoms with E-state index in [0.717, 1.165) is 24.7 Å². The lowest BCUT2D eigenvalue weighted by atomic mass is 9.69. The van der Waals surface area contributed by atoms with Gasteiger partial charge in [-0.2, -0.15) is 0 Å². The number of hydrogen-bond acceptors (Lipinski definition) is 4. The smallest absolute Gasteiger partial charge is 0.252 e. The van der Waals surface area contributed by atoms with Crippen molar-refractivity contribution in [3.05, 3.63) is 23.8 Å². The summed E-state index contributed by atoms with van der Waals surface area (Å²) in [7, 11) is 3.09. The number of rotatable bonds is 7. The van der Waals surface area contributed by atoms with Crippen molar-refractivity contribution in [3.8, 4) is 11.5 Å². The van der Waals surface area contributed by atoms with Crippen LogP contribution >= 0.6 is 0 Å². The normalized spacial score (nSPS) is 24.5. The fourth-order valence-electron chi connectivity index (χ4n) is 4.99. The van der Waals surface area contributed by atoms with Gasteiger partial charge in [0.2, 0.25) is 5.91 Å². The molecule has 0 heterocycles. The molecule has 1 aromatic carbocycles. The molecule has 2 N–H and O–H groups in total. The van der Waals surface area contributed by atoms with Gasteiger partial charge in [0, 0.05) is 17.7 Å². The number of methoxy groups -OCH3 is 2. The molecule has 0 bridgehead atoms. The average Bonchev–Trinajstić information content (AvgIpc) is 2.76. The molecule has 2 amide bonds. The topological polar surface area (TPSA) is 76.7 Å². The van der Waals surface area contributed by atoms with Crippen LogP contribution in [0, 0.1) is 17.8 Å². The first-order chi connectivity index (χ1) is 14.4. The SMILES string of the molecule is COc1cc(OC)cc(C(=O)N[C@H](C(=O)N[C@@H]2CC[C@@H]3CCCC[C@H]3C2)C(C)C)c1. The largest absolute Gasteiger partial charge is 0.497 e. The van der Waals surface area contributed by atoms with E-state index in [2.05, 4.69) is 10.6 Å². The molecule has 166 valence electrons. The van der Waals surface area contributed by atoms with Gasteiger partial charge in [-0.25, -0.2) is 0 Å². The van der Waals surface area contributed by atoms with Crippen LogP contribution in [0.25, 0.3) is 0 Å². The van der Waals surface area contributed by atoms with Crippen molar-refractivity contribution in [2.45, 2.75) is 70.9 Å². The maximum Gasteiger partial charge on any atom is 0.252 e. The molecule has 2 fully saturated rings. The molecule has 2 saturated carbocycles. The second-order valence-corrected chi connectivity index (χ2v) is 9.12. The number of hydrogen-bond donors (Lipinski definition) is 2. The molecule has 4 atom stereocenters. The van der Waals surface area contributed by atoms with Crippen LogP contribution in [-0.2, 0) is 4.79 Å². The lowest BCUT2D eigenvalue weighted by molar-refractivity contribution is -0.125. The Hall–Kier alpha value is -2.24. The minimum atomic E-state index is -0.584. The molecule has 2 aliphatic rings. The Labute approximate surface area is 180 Å². The summed E-state index contributed by atoms with van der Waals surface area (Å²) < 4.78 is 10.5. The Morgan fingerprint density at radius 3 is 2.17 bits per heavy atom.